The first-order valence-corrected chi connectivity index (χ1v) is 9.58. The molecule has 25 heavy (non-hydrogen) atoms. The van der Waals surface area contributed by atoms with Crippen LogP contribution >= 0.6 is 11.3 Å². The van der Waals surface area contributed by atoms with Gasteiger partial charge >= 0.3 is 0 Å². The van der Waals surface area contributed by atoms with Crippen molar-refractivity contribution in [3.8, 4) is 0 Å². The van der Waals surface area contributed by atoms with E-state index in [4.69, 9.17) is 4.98 Å². The fraction of sp³-hybridized carbons (Fsp3) is 0.368. The third-order valence-electron chi connectivity index (χ3n) is 4.75. The zero-order valence-electron chi connectivity index (χ0n) is 14.3. The monoisotopic (exact) mass is 354 g/mol. The highest BCUT2D eigenvalue weighted by molar-refractivity contribution is 7.21. The van der Waals surface area contributed by atoms with Crippen molar-refractivity contribution < 1.29 is 4.79 Å². The maximum atomic E-state index is 11.5. The van der Waals surface area contributed by atoms with Crippen LogP contribution in [-0.2, 0) is 0 Å². The standard InChI is InChI=1S/C19H22N4OS/c1-20-8-9-21-19-16(12-24)25-15-6-5-14-13(18(15)19)4-7-17(22-14)23-10-2-3-11-23/h4-7,12,20-21H,2-3,8-11H2,1H3. The molecule has 2 N–H and O–H groups in total. The van der Waals surface area contributed by atoms with Crippen molar-refractivity contribution in [3.05, 3.63) is 29.1 Å². The molecule has 0 radical (unpaired) electrons. The number of anilines is 2. The number of likely N-dealkylation sites (N-methyl/N-ethyl adjacent to an activating group) is 1. The van der Waals surface area contributed by atoms with Crippen LogP contribution in [0.1, 0.15) is 22.5 Å². The molecule has 5 nitrogen and oxygen atoms in total. The van der Waals surface area contributed by atoms with Crippen LogP contribution in [-0.4, -0.2) is 44.5 Å². The lowest BCUT2D eigenvalue weighted by Gasteiger charge is -2.17. The number of aromatic nitrogens is 1. The molecule has 0 saturated carbocycles. The van der Waals surface area contributed by atoms with E-state index < -0.39 is 0 Å². The van der Waals surface area contributed by atoms with Crippen molar-refractivity contribution in [2.24, 2.45) is 0 Å². The Morgan fingerprint density at radius 3 is 2.80 bits per heavy atom. The van der Waals surface area contributed by atoms with Gasteiger partial charge in [-0.3, -0.25) is 4.79 Å². The van der Waals surface area contributed by atoms with Gasteiger partial charge < -0.3 is 15.5 Å². The first kappa shape index (κ1) is 16.3. The molecule has 1 aliphatic rings. The number of hydrogen-bond donors (Lipinski definition) is 2. The summed E-state index contributed by atoms with van der Waals surface area (Å²) < 4.78 is 1.12. The van der Waals surface area contributed by atoms with Crippen molar-refractivity contribution in [1.82, 2.24) is 10.3 Å². The van der Waals surface area contributed by atoms with Gasteiger partial charge in [-0.1, -0.05) is 0 Å². The summed E-state index contributed by atoms with van der Waals surface area (Å²) in [5.74, 6) is 1.06. The maximum absolute atomic E-state index is 11.5. The van der Waals surface area contributed by atoms with Gasteiger partial charge in [-0.25, -0.2) is 4.98 Å². The highest BCUT2D eigenvalue weighted by Crippen LogP contribution is 2.39. The minimum Gasteiger partial charge on any atom is -0.382 e. The van der Waals surface area contributed by atoms with Gasteiger partial charge in [-0.05, 0) is 44.2 Å². The lowest BCUT2D eigenvalue weighted by molar-refractivity contribution is 0.112. The van der Waals surface area contributed by atoms with Gasteiger partial charge in [0, 0.05) is 41.7 Å². The fourth-order valence-electron chi connectivity index (χ4n) is 3.50. The molecule has 1 aromatic carbocycles. The minimum atomic E-state index is 0.752. The minimum absolute atomic E-state index is 0.752. The van der Waals surface area contributed by atoms with Gasteiger partial charge in [0.1, 0.15) is 5.82 Å². The van der Waals surface area contributed by atoms with Crippen LogP contribution in [0.15, 0.2) is 24.3 Å². The second-order valence-electron chi connectivity index (χ2n) is 6.36. The van der Waals surface area contributed by atoms with Crippen molar-refractivity contribution in [2.45, 2.75) is 12.8 Å². The molecule has 1 fully saturated rings. The van der Waals surface area contributed by atoms with Crippen molar-refractivity contribution >= 4 is 50.1 Å². The highest BCUT2D eigenvalue weighted by Gasteiger charge is 2.17. The van der Waals surface area contributed by atoms with E-state index in [1.807, 2.05) is 7.05 Å². The smallest absolute Gasteiger partial charge is 0.162 e. The van der Waals surface area contributed by atoms with E-state index in [9.17, 15) is 4.79 Å². The second-order valence-corrected chi connectivity index (χ2v) is 7.44. The number of fused-ring (bicyclic) bond motifs is 3. The predicted molar refractivity (Wildman–Crippen MR) is 106 cm³/mol. The molecular formula is C19H22N4OS. The Morgan fingerprint density at radius 2 is 2.04 bits per heavy atom. The average molecular weight is 354 g/mol. The van der Waals surface area contributed by atoms with Crippen molar-refractivity contribution in [3.63, 3.8) is 0 Å². The molecule has 4 rings (SSSR count). The van der Waals surface area contributed by atoms with Crippen LogP contribution in [0.4, 0.5) is 11.5 Å². The largest absolute Gasteiger partial charge is 0.382 e. The van der Waals surface area contributed by atoms with Crippen LogP contribution in [0.2, 0.25) is 0 Å². The second kappa shape index (κ2) is 6.98. The Kier molecular flexibility index (Phi) is 4.55. The van der Waals surface area contributed by atoms with Crippen molar-refractivity contribution in [2.75, 3.05) is 43.4 Å². The van der Waals surface area contributed by atoms with Gasteiger partial charge in [0.05, 0.1) is 16.1 Å². The summed E-state index contributed by atoms with van der Waals surface area (Å²) in [5, 5.41) is 8.78. The summed E-state index contributed by atoms with van der Waals surface area (Å²) in [4.78, 5) is 19.5. The Bertz CT molecular complexity index is 915. The molecule has 2 aromatic heterocycles. The molecule has 0 unspecified atom stereocenters. The third kappa shape index (κ3) is 2.96. The average Bonchev–Trinajstić information content (AvgIpc) is 3.29. The number of carbonyl (C=O) groups is 1. The molecule has 6 heteroatoms. The zero-order chi connectivity index (χ0) is 17.2. The number of thiophene rings is 1. The zero-order valence-corrected chi connectivity index (χ0v) is 15.2. The molecular weight excluding hydrogens is 332 g/mol. The molecule has 0 aliphatic carbocycles. The van der Waals surface area contributed by atoms with E-state index in [0.717, 1.165) is 69.8 Å². The van der Waals surface area contributed by atoms with Gasteiger partial charge in [0.15, 0.2) is 6.29 Å². The molecule has 0 bridgehead atoms. The van der Waals surface area contributed by atoms with Crippen molar-refractivity contribution in [1.29, 1.82) is 0 Å². The Labute approximate surface area is 151 Å². The Balaban J connectivity index is 1.83. The van der Waals surface area contributed by atoms with Crippen LogP contribution in [0.3, 0.4) is 0 Å². The summed E-state index contributed by atoms with van der Waals surface area (Å²) in [6.07, 6.45) is 3.43. The molecule has 1 aliphatic heterocycles. The van der Waals surface area contributed by atoms with Crippen LogP contribution < -0.4 is 15.5 Å². The summed E-state index contributed by atoms with van der Waals surface area (Å²) in [6, 6.07) is 8.42. The summed E-state index contributed by atoms with van der Waals surface area (Å²) in [7, 11) is 1.92. The number of pyridine rings is 1. The molecule has 130 valence electrons. The number of nitrogens with zero attached hydrogens (tertiary/aromatic N) is 2. The van der Waals surface area contributed by atoms with Gasteiger partial charge in [-0.2, -0.15) is 0 Å². The SMILES string of the molecule is CNCCNc1c(C=O)sc2ccc3nc(N4CCCC4)ccc3c12. The topological polar surface area (TPSA) is 57.3 Å². The van der Waals surface area contributed by atoms with Gasteiger partial charge in [-0.15, -0.1) is 11.3 Å². The number of rotatable bonds is 6. The van der Waals surface area contributed by atoms with E-state index in [-0.39, 0.29) is 0 Å². The highest BCUT2D eigenvalue weighted by atomic mass is 32.1. The van der Waals surface area contributed by atoms with E-state index >= 15 is 0 Å². The molecule has 3 heterocycles. The lowest BCUT2D eigenvalue weighted by Crippen LogP contribution is -2.18. The Morgan fingerprint density at radius 1 is 1.20 bits per heavy atom. The predicted octanol–water partition coefficient (Wildman–Crippen LogP) is 3.49. The molecule has 0 spiro atoms. The number of hydrogen-bond acceptors (Lipinski definition) is 6. The lowest BCUT2D eigenvalue weighted by atomic mass is 10.1. The number of aldehydes is 1. The van der Waals surface area contributed by atoms with E-state index in [1.54, 1.807) is 0 Å². The molecule has 0 atom stereocenters. The molecule has 0 amide bonds. The molecule has 1 saturated heterocycles. The normalized spacial score (nSPS) is 14.5. The van der Waals surface area contributed by atoms with E-state index in [2.05, 4.69) is 39.8 Å². The van der Waals surface area contributed by atoms with E-state index in [0.29, 0.717) is 0 Å². The Hall–Kier alpha value is -2.18. The number of carbonyl (C=O) groups excluding carboxylic acids is 1. The third-order valence-corrected chi connectivity index (χ3v) is 5.83. The number of nitrogens with one attached hydrogen (secondary N) is 2. The number of benzene rings is 1. The first-order valence-electron chi connectivity index (χ1n) is 8.76. The summed E-state index contributed by atoms with van der Waals surface area (Å²) in [6.45, 7) is 3.80. The maximum Gasteiger partial charge on any atom is 0.162 e. The van der Waals surface area contributed by atoms with Gasteiger partial charge in [0.2, 0.25) is 0 Å². The summed E-state index contributed by atoms with van der Waals surface area (Å²) in [5.41, 5.74) is 1.93. The van der Waals surface area contributed by atoms with Crippen LogP contribution in [0.25, 0.3) is 21.0 Å². The fourth-order valence-corrected chi connectivity index (χ4v) is 4.51. The van der Waals surface area contributed by atoms with Crippen LogP contribution in [0.5, 0.6) is 0 Å². The van der Waals surface area contributed by atoms with E-state index in [1.165, 1.54) is 24.2 Å². The quantitative estimate of drug-likeness (QED) is 0.524. The van der Waals surface area contributed by atoms with Gasteiger partial charge in [0.25, 0.3) is 0 Å². The first-order chi connectivity index (χ1) is 12.3. The summed E-state index contributed by atoms with van der Waals surface area (Å²) >= 11 is 1.54. The molecule has 3 aromatic rings. The van der Waals surface area contributed by atoms with Crippen LogP contribution in [0, 0.1) is 0 Å².